The van der Waals surface area contributed by atoms with E-state index in [4.69, 9.17) is 0 Å². The lowest BCUT2D eigenvalue weighted by atomic mass is 9.62. The monoisotopic (exact) mass is 437 g/mol. The zero-order valence-corrected chi connectivity index (χ0v) is 17.8. The van der Waals surface area contributed by atoms with Gasteiger partial charge in [-0.2, -0.15) is 5.10 Å². The van der Waals surface area contributed by atoms with Crippen molar-refractivity contribution < 1.29 is 19.0 Å². The van der Waals surface area contributed by atoms with Gasteiger partial charge in [-0.3, -0.25) is 4.98 Å². The van der Waals surface area contributed by atoms with Gasteiger partial charge in [-0.05, 0) is 73.7 Å². The Morgan fingerprint density at radius 1 is 1.19 bits per heavy atom. The van der Waals surface area contributed by atoms with Crippen LogP contribution in [0.15, 0.2) is 54.4 Å². The van der Waals surface area contributed by atoms with Crippen molar-refractivity contribution in [3.8, 4) is 5.69 Å². The molecule has 0 bridgehead atoms. The van der Waals surface area contributed by atoms with Gasteiger partial charge in [0.25, 0.3) is 0 Å². The zero-order chi connectivity index (χ0) is 22.5. The lowest BCUT2D eigenvalue weighted by Crippen LogP contribution is -2.48. The molecular weight excluding hydrogens is 412 g/mol. The molecular formula is C25H25F2N3O2. The molecule has 0 radical (unpaired) electrons. The van der Waals surface area contributed by atoms with Crippen LogP contribution < -0.4 is 0 Å². The van der Waals surface area contributed by atoms with Gasteiger partial charge in [0.2, 0.25) is 0 Å². The molecule has 2 N–H and O–H groups in total. The molecule has 0 aliphatic heterocycles. The van der Waals surface area contributed by atoms with Crippen molar-refractivity contribution >= 4 is 6.08 Å². The van der Waals surface area contributed by atoms with Crippen molar-refractivity contribution in [3.05, 3.63) is 83.0 Å². The van der Waals surface area contributed by atoms with Gasteiger partial charge in [0.15, 0.2) is 0 Å². The summed E-state index contributed by atoms with van der Waals surface area (Å²) in [6, 6.07) is 8.93. The Hall–Kier alpha value is -2.90. The Balaban J connectivity index is 1.50. The number of aliphatic hydroxyl groups excluding tert-OH is 1. The molecule has 7 heteroatoms. The Labute approximate surface area is 185 Å². The van der Waals surface area contributed by atoms with E-state index >= 15 is 0 Å². The molecule has 1 aromatic carbocycles. The predicted molar refractivity (Wildman–Crippen MR) is 116 cm³/mol. The third-order valence-electron chi connectivity index (χ3n) is 7.31. The standard InChI is InChI=1S/C25H25F2N3O2/c1-2-24-13-16-15-29-30(19-7-5-18(26)6-8-19)21(16)12-17(24)9-10-25(24,32)14-22(31)23-20(27)4-3-11-28-23/h3-8,11-12,15,22,31-32H,2,9-10,13-14H2,1H3/t22?,24-,25+/m0/s1. The van der Waals surface area contributed by atoms with E-state index in [0.717, 1.165) is 22.5 Å². The first-order chi connectivity index (χ1) is 15.4. The summed E-state index contributed by atoms with van der Waals surface area (Å²) in [6.07, 6.45) is 6.51. The van der Waals surface area contributed by atoms with Crippen LogP contribution in [0.25, 0.3) is 11.8 Å². The molecule has 2 aliphatic carbocycles. The highest BCUT2D eigenvalue weighted by Gasteiger charge is 2.57. The number of hydrogen-bond acceptors (Lipinski definition) is 4. The smallest absolute Gasteiger partial charge is 0.147 e. The van der Waals surface area contributed by atoms with E-state index in [0.29, 0.717) is 25.7 Å². The number of fused-ring (bicyclic) bond motifs is 2. The maximum Gasteiger partial charge on any atom is 0.147 e. The minimum atomic E-state index is -1.20. The molecule has 3 aromatic rings. The molecule has 0 spiro atoms. The zero-order valence-electron chi connectivity index (χ0n) is 17.8. The number of aliphatic hydroxyl groups is 2. The third kappa shape index (κ3) is 3.11. The summed E-state index contributed by atoms with van der Waals surface area (Å²) in [7, 11) is 0. The summed E-state index contributed by atoms with van der Waals surface area (Å²) >= 11 is 0. The van der Waals surface area contributed by atoms with E-state index in [9.17, 15) is 19.0 Å². The van der Waals surface area contributed by atoms with E-state index in [-0.39, 0.29) is 17.9 Å². The van der Waals surface area contributed by atoms with Gasteiger partial charge in [0.1, 0.15) is 23.4 Å². The molecule has 5 rings (SSSR count). The van der Waals surface area contributed by atoms with E-state index < -0.39 is 22.9 Å². The average molecular weight is 437 g/mol. The maximum atomic E-state index is 14.2. The lowest BCUT2D eigenvalue weighted by Gasteiger charge is -2.45. The van der Waals surface area contributed by atoms with Crippen LogP contribution in [0.5, 0.6) is 0 Å². The van der Waals surface area contributed by atoms with Crippen LogP contribution in [0.1, 0.15) is 55.7 Å². The molecule has 3 atom stereocenters. The van der Waals surface area contributed by atoms with Gasteiger partial charge >= 0.3 is 0 Å². The summed E-state index contributed by atoms with van der Waals surface area (Å²) in [6.45, 7) is 2.03. The summed E-state index contributed by atoms with van der Waals surface area (Å²) < 4.78 is 29.3. The lowest BCUT2D eigenvalue weighted by molar-refractivity contribution is -0.0839. The Kier molecular flexibility index (Phi) is 4.98. The van der Waals surface area contributed by atoms with Crippen molar-refractivity contribution in [1.82, 2.24) is 14.8 Å². The molecule has 5 nitrogen and oxygen atoms in total. The highest BCUT2D eigenvalue weighted by molar-refractivity contribution is 5.63. The van der Waals surface area contributed by atoms with Gasteiger partial charge in [-0.25, -0.2) is 13.5 Å². The highest BCUT2D eigenvalue weighted by atomic mass is 19.1. The SMILES string of the molecule is CC[C@]12Cc3cnn(-c4ccc(F)cc4)c3C=C1CC[C@@]2(O)CC(O)c1ncccc1F. The second-order valence-corrected chi connectivity index (χ2v) is 8.85. The number of nitrogens with zero attached hydrogens (tertiary/aromatic N) is 3. The highest BCUT2D eigenvalue weighted by Crippen LogP contribution is 2.59. The Bertz CT molecular complexity index is 1190. The number of aromatic nitrogens is 3. The van der Waals surface area contributed by atoms with Crippen molar-refractivity contribution in [2.24, 2.45) is 5.41 Å². The Morgan fingerprint density at radius 2 is 1.97 bits per heavy atom. The van der Waals surface area contributed by atoms with Gasteiger partial charge in [-0.1, -0.05) is 12.5 Å². The fraction of sp³-hybridized carbons (Fsp3) is 0.360. The molecule has 1 saturated carbocycles. The van der Waals surface area contributed by atoms with Gasteiger partial charge in [-0.15, -0.1) is 0 Å². The summed E-state index contributed by atoms with van der Waals surface area (Å²) in [5.74, 6) is -0.878. The molecule has 1 unspecified atom stereocenters. The predicted octanol–water partition coefficient (Wildman–Crippen LogP) is 4.53. The first-order valence-corrected chi connectivity index (χ1v) is 10.9. The molecule has 2 aromatic heterocycles. The van der Waals surface area contributed by atoms with E-state index in [1.165, 1.54) is 30.5 Å². The fourth-order valence-corrected chi connectivity index (χ4v) is 5.61. The topological polar surface area (TPSA) is 71.2 Å². The summed E-state index contributed by atoms with van der Waals surface area (Å²) in [5.41, 5.74) is 1.98. The Morgan fingerprint density at radius 3 is 2.69 bits per heavy atom. The third-order valence-corrected chi connectivity index (χ3v) is 7.31. The summed E-state index contributed by atoms with van der Waals surface area (Å²) in [5, 5.41) is 27.1. The minimum Gasteiger partial charge on any atom is -0.389 e. The molecule has 32 heavy (non-hydrogen) atoms. The van der Waals surface area contributed by atoms with Crippen LogP contribution >= 0.6 is 0 Å². The van der Waals surface area contributed by atoms with Gasteiger partial charge in [0.05, 0.1) is 23.2 Å². The van der Waals surface area contributed by atoms with Crippen LogP contribution in [-0.4, -0.2) is 30.6 Å². The van der Waals surface area contributed by atoms with Crippen molar-refractivity contribution in [3.63, 3.8) is 0 Å². The molecule has 2 aliphatic rings. The van der Waals surface area contributed by atoms with E-state index in [1.54, 1.807) is 23.0 Å². The number of rotatable bonds is 5. The van der Waals surface area contributed by atoms with Crippen LogP contribution in [0.2, 0.25) is 0 Å². The quantitative estimate of drug-likeness (QED) is 0.615. The second kappa shape index (κ2) is 7.60. The van der Waals surface area contributed by atoms with E-state index in [1.807, 2.05) is 6.92 Å². The molecule has 166 valence electrons. The minimum absolute atomic E-state index is 0.00749. The average Bonchev–Trinajstić information content (AvgIpc) is 3.31. The van der Waals surface area contributed by atoms with Gasteiger partial charge < -0.3 is 10.2 Å². The number of benzene rings is 1. The first kappa shape index (κ1) is 21.0. The molecule has 0 saturated heterocycles. The first-order valence-electron chi connectivity index (χ1n) is 10.9. The van der Waals surface area contributed by atoms with Crippen LogP contribution in [0.4, 0.5) is 8.78 Å². The van der Waals surface area contributed by atoms with Crippen molar-refractivity contribution in [2.75, 3.05) is 0 Å². The summed E-state index contributed by atoms with van der Waals surface area (Å²) in [4.78, 5) is 3.99. The largest absolute Gasteiger partial charge is 0.389 e. The van der Waals surface area contributed by atoms with Crippen LogP contribution in [0, 0.1) is 17.0 Å². The van der Waals surface area contributed by atoms with Crippen LogP contribution in [0.3, 0.4) is 0 Å². The number of halogens is 2. The molecule has 0 amide bonds. The number of pyridine rings is 1. The van der Waals surface area contributed by atoms with Gasteiger partial charge in [0, 0.05) is 18.0 Å². The van der Waals surface area contributed by atoms with Crippen molar-refractivity contribution in [2.45, 2.75) is 50.7 Å². The normalized spacial score (nSPS) is 25.2. The maximum absolute atomic E-state index is 14.2. The second-order valence-electron chi connectivity index (χ2n) is 8.85. The van der Waals surface area contributed by atoms with E-state index in [2.05, 4.69) is 16.2 Å². The van der Waals surface area contributed by atoms with Crippen molar-refractivity contribution in [1.29, 1.82) is 0 Å². The fourth-order valence-electron chi connectivity index (χ4n) is 5.61. The molecule has 2 heterocycles. The van der Waals surface area contributed by atoms with Crippen LogP contribution in [-0.2, 0) is 6.42 Å². The molecule has 1 fully saturated rings. The number of hydrogen-bond donors (Lipinski definition) is 2.